The number of fused-ring (bicyclic) bond motifs is 1. The molecule has 0 bridgehead atoms. The molecule has 1 atom stereocenters. The number of nitrogens with zero attached hydrogens (tertiary/aromatic N) is 2. The number of amides is 1. The SMILES string of the molecule is CN(Cc1cccc2cnccc12)C(=O)[C@@H]1CCOC1. The lowest BCUT2D eigenvalue weighted by Crippen LogP contribution is -2.32. The van der Waals surface area contributed by atoms with Crippen molar-refractivity contribution in [1.29, 1.82) is 0 Å². The molecular weight excluding hydrogens is 252 g/mol. The van der Waals surface area contributed by atoms with E-state index in [1.807, 2.05) is 31.4 Å². The highest BCUT2D eigenvalue weighted by molar-refractivity contribution is 5.85. The van der Waals surface area contributed by atoms with Crippen molar-refractivity contribution < 1.29 is 9.53 Å². The van der Waals surface area contributed by atoms with Gasteiger partial charge in [-0.1, -0.05) is 18.2 Å². The van der Waals surface area contributed by atoms with Crippen molar-refractivity contribution in [2.45, 2.75) is 13.0 Å². The molecule has 1 aromatic heterocycles. The zero-order chi connectivity index (χ0) is 13.9. The fraction of sp³-hybridized carbons (Fsp3) is 0.375. The molecular formula is C16H18N2O2. The molecule has 1 aliphatic rings. The van der Waals surface area contributed by atoms with Gasteiger partial charge < -0.3 is 9.64 Å². The molecule has 20 heavy (non-hydrogen) atoms. The number of hydrogen-bond acceptors (Lipinski definition) is 3. The maximum atomic E-state index is 12.3. The van der Waals surface area contributed by atoms with Crippen molar-refractivity contribution >= 4 is 16.7 Å². The maximum Gasteiger partial charge on any atom is 0.228 e. The van der Waals surface area contributed by atoms with E-state index in [4.69, 9.17) is 4.74 Å². The van der Waals surface area contributed by atoms with Crippen molar-refractivity contribution in [2.24, 2.45) is 5.92 Å². The summed E-state index contributed by atoms with van der Waals surface area (Å²) in [6.45, 7) is 1.88. The van der Waals surface area contributed by atoms with E-state index in [1.54, 1.807) is 11.1 Å². The van der Waals surface area contributed by atoms with Crippen LogP contribution in [-0.2, 0) is 16.1 Å². The molecule has 0 aliphatic carbocycles. The predicted molar refractivity (Wildman–Crippen MR) is 77.1 cm³/mol. The van der Waals surface area contributed by atoms with Crippen LogP contribution in [0.5, 0.6) is 0 Å². The van der Waals surface area contributed by atoms with Crippen molar-refractivity contribution in [1.82, 2.24) is 9.88 Å². The minimum absolute atomic E-state index is 0.0247. The summed E-state index contributed by atoms with van der Waals surface area (Å²) in [5.41, 5.74) is 1.15. The van der Waals surface area contributed by atoms with Crippen LogP contribution in [0.25, 0.3) is 10.8 Å². The molecule has 3 rings (SSSR count). The minimum Gasteiger partial charge on any atom is -0.381 e. The predicted octanol–water partition coefficient (Wildman–Crippen LogP) is 2.23. The summed E-state index contributed by atoms with van der Waals surface area (Å²) in [4.78, 5) is 18.3. The van der Waals surface area contributed by atoms with E-state index in [2.05, 4.69) is 11.1 Å². The van der Waals surface area contributed by atoms with Gasteiger partial charge in [0.05, 0.1) is 12.5 Å². The van der Waals surface area contributed by atoms with E-state index < -0.39 is 0 Å². The zero-order valence-electron chi connectivity index (χ0n) is 11.6. The average Bonchev–Trinajstić information content (AvgIpc) is 3.01. The third kappa shape index (κ3) is 2.51. The van der Waals surface area contributed by atoms with E-state index >= 15 is 0 Å². The van der Waals surface area contributed by atoms with Gasteiger partial charge in [-0.05, 0) is 23.4 Å². The first-order valence-corrected chi connectivity index (χ1v) is 6.90. The second-order valence-corrected chi connectivity index (χ2v) is 5.27. The lowest BCUT2D eigenvalue weighted by atomic mass is 10.0. The average molecular weight is 270 g/mol. The second kappa shape index (κ2) is 5.59. The zero-order valence-corrected chi connectivity index (χ0v) is 11.6. The molecule has 1 saturated heterocycles. The number of carbonyl (C=O) groups is 1. The fourth-order valence-electron chi connectivity index (χ4n) is 2.70. The van der Waals surface area contributed by atoms with Crippen LogP contribution in [0.4, 0.5) is 0 Å². The van der Waals surface area contributed by atoms with Gasteiger partial charge in [-0.3, -0.25) is 9.78 Å². The molecule has 0 radical (unpaired) electrons. The van der Waals surface area contributed by atoms with Gasteiger partial charge >= 0.3 is 0 Å². The van der Waals surface area contributed by atoms with Gasteiger partial charge in [0.1, 0.15) is 0 Å². The molecule has 1 aromatic carbocycles. The third-order valence-corrected chi connectivity index (χ3v) is 3.83. The lowest BCUT2D eigenvalue weighted by Gasteiger charge is -2.21. The van der Waals surface area contributed by atoms with Crippen LogP contribution in [0, 0.1) is 5.92 Å². The van der Waals surface area contributed by atoms with Gasteiger partial charge in [0.2, 0.25) is 5.91 Å². The Kier molecular flexibility index (Phi) is 3.65. The summed E-state index contributed by atoms with van der Waals surface area (Å²) < 4.78 is 5.29. The molecule has 104 valence electrons. The van der Waals surface area contributed by atoms with Crippen LogP contribution < -0.4 is 0 Å². The van der Waals surface area contributed by atoms with E-state index in [1.165, 1.54) is 0 Å². The summed E-state index contributed by atoms with van der Waals surface area (Å²) in [7, 11) is 1.86. The first kappa shape index (κ1) is 13.1. The molecule has 1 amide bonds. The maximum absolute atomic E-state index is 12.3. The monoisotopic (exact) mass is 270 g/mol. The van der Waals surface area contributed by atoms with Crippen molar-refractivity contribution in [3.05, 3.63) is 42.2 Å². The molecule has 4 heteroatoms. The van der Waals surface area contributed by atoms with Crippen molar-refractivity contribution in [3.8, 4) is 0 Å². The van der Waals surface area contributed by atoms with Gasteiger partial charge in [-0.25, -0.2) is 0 Å². The summed E-state index contributed by atoms with van der Waals surface area (Å²) >= 11 is 0. The van der Waals surface area contributed by atoms with Crippen molar-refractivity contribution in [3.63, 3.8) is 0 Å². The highest BCUT2D eigenvalue weighted by atomic mass is 16.5. The number of carbonyl (C=O) groups excluding carboxylic acids is 1. The second-order valence-electron chi connectivity index (χ2n) is 5.27. The topological polar surface area (TPSA) is 42.4 Å². The fourth-order valence-corrected chi connectivity index (χ4v) is 2.70. The number of benzene rings is 1. The van der Waals surface area contributed by atoms with Crippen LogP contribution in [-0.4, -0.2) is 36.1 Å². The first-order chi connectivity index (χ1) is 9.75. The van der Waals surface area contributed by atoms with Crippen LogP contribution >= 0.6 is 0 Å². The van der Waals surface area contributed by atoms with Gasteiger partial charge in [0, 0.05) is 38.0 Å². The van der Waals surface area contributed by atoms with Gasteiger partial charge in [0.25, 0.3) is 0 Å². The number of ether oxygens (including phenoxy) is 1. The summed E-state index contributed by atoms with van der Waals surface area (Å²) in [6, 6.07) is 8.12. The Bertz CT molecular complexity index is 615. The minimum atomic E-state index is 0.0247. The van der Waals surface area contributed by atoms with Crippen molar-refractivity contribution in [2.75, 3.05) is 20.3 Å². The van der Waals surface area contributed by atoms with Crippen LogP contribution in [0.15, 0.2) is 36.7 Å². The van der Waals surface area contributed by atoms with Crippen LogP contribution in [0.2, 0.25) is 0 Å². The Hall–Kier alpha value is -1.94. The largest absolute Gasteiger partial charge is 0.381 e. The van der Waals surface area contributed by atoms with Gasteiger partial charge in [0.15, 0.2) is 0 Å². The number of aromatic nitrogens is 1. The number of rotatable bonds is 3. The molecule has 1 aliphatic heterocycles. The Labute approximate surface area is 118 Å². The van der Waals surface area contributed by atoms with Crippen LogP contribution in [0.3, 0.4) is 0 Å². The van der Waals surface area contributed by atoms with E-state index in [9.17, 15) is 4.79 Å². The molecule has 1 fully saturated rings. The molecule has 2 heterocycles. The Balaban J connectivity index is 1.80. The Morgan fingerprint density at radius 1 is 1.45 bits per heavy atom. The molecule has 0 unspecified atom stereocenters. The quantitative estimate of drug-likeness (QED) is 0.859. The third-order valence-electron chi connectivity index (χ3n) is 3.83. The molecule has 2 aromatic rings. The van der Waals surface area contributed by atoms with E-state index in [-0.39, 0.29) is 11.8 Å². The standard InChI is InChI=1S/C16H18N2O2/c1-18(16(19)14-6-8-20-11-14)10-13-4-2-3-12-9-17-7-5-15(12)13/h2-5,7,9,14H,6,8,10-11H2,1H3/t14-/m1/s1. The normalized spacial score (nSPS) is 18.4. The molecule has 4 nitrogen and oxygen atoms in total. The summed E-state index contributed by atoms with van der Waals surface area (Å²) in [6.07, 6.45) is 4.48. The van der Waals surface area contributed by atoms with E-state index in [0.29, 0.717) is 19.8 Å². The number of pyridine rings is 1. The number of hydrogen-bond donors (Lipinski definition) is 0. The van der Waals surface area contributed by atoms with Crippen LogP contribution in [0.1, 0.15) is 12.0 Å². The highest BCUT2D eigenvalue weighted by Gasteiger charge is 2.26. The van der Waals surface area contributed by atoms with Gasteiger partial charge in [-0.2, -0.15) is 0 Å². The summed E-state index contributed by atoms with van der Waals surface area (Å²) in [5, 5.41) is 2.26. The smallest absolute Gasteiger partial charge is 0.228 e. The Morgan fingerprint density at radius 3 is 3.15 bits per heavy atom. The summed E-state index contributed by atoms with van der Waals surface area (Å²) in [5.74, 6) is 0.199. The highest BCUT2D eigenvalue weighted by Crippen LogP contribution is 2.21. The Morgan fingerprint density at radius 2 is 2.35 bits per heavy atom. The van der Waals surface area contributed by atoms with Gasteiger partial charge in [-0.15, -0.1) is 0 Å². The molecule has 0 N–H and O–H groups in total. The molecule has 0 saturated carbocycles. The molecule has 0 spiro atoms. The van der Waals surface area contributed by atoms with E-state index in [0.717, 1.165) is 22.8 Å². The first-order valence-electron chi connectivity index (χ1n) is 6.90. The lowest BCUT2D eigenvalue weighted by molar-refractivity contribution is -0.134.